The van der Waals surface area contributed by atoms with Crippen molar-refractivity contribution in [3.8, 4) is 11.1 Å². The van der Waals surface area contributed by atoms with Crippen LogP contribution in [0.1, 0.15) is 21.6 Å². The second-order valence-corrected chi connectivity index (χ2v) is 7.41. The number of aromatic amines is 1. The van der Waals surface area contributed by atoms with E-state index in [2.05, 4.69) is 4.98 Å². The van der Waals surface area contributed by atoms with Crippen molar-refractivity contribution in [2.24, 2.45) is 0 Å². The molecule has 4 nitrogen and oxygen atoms in total. The number of aliphatic carboxylic acids is 1. The van der Waals surface area contributed by atoms with Crippen molar-refractivity contribution in [2.45, 2.75) is 6.42 Å². The highest BCUT2D eigenvalue weighted by atomic mass is 35.5. The number of carboxylic acid groups (broad SMARTS) is 1. The van der Waals surface area contributed by atoms with Gasteiger partial charge in [-0.15, -0.1) is 0 Å². The highest BCUT2D eigenvalue weighted by Gasteiger charge is 2.21. The lowest BCUT2D eigenvalue weighted by Crippen LogP contribution is -2.08. The minimum absolute atomic E-state index is 0.238. The van der Waals surface area contributed by atoms with Crippen LogP contribution in [0.3, 0.4) is 0 Å². The van der Waals surface area contributed by atoms with Crippen molar-refractivity contribution in [1.82, 2.24) is 4.98 Å². The van der Waals surface area contributed by atoms with Gasteiger partial charge in [-0.2, -0.15) is 0 Å². The molecule has 0 spiro atoms. The molecule has 0 saturated heterocycles. The molecular formula is C23H15Cl2NO3. The highest BCUT2D eigenvalue weighted by molar-refractivity contribution is 6.39. The number of carboxylic acids is 1. The van der Waals surface area contributed by atoms with E-state index in [9.17, 15) is 14.7 Å². The number of rotatable bonds is 5. The van der Waals surface area contributed by atoms with Gasteiger partial charge in [-0.25, -0.2) is 0 Å². The molecule has 4 rings (SSSR count). The summed E-state index contributed by atoms with van der Waals surface area (Å²) in [4.78, 5) is 27.5. The number of hydrogen-bond donors (Lipinski definition) is 2. The lowest BCUT2D eigenvalue weighted by molar-refractivity contribution is -0.136. The third kappa shape index (κ3) is 3.65. The number of para-hydroxylation sites is 1. The maximum Gasteiger partial charge on any atom is 0.307 e. The monoisotopic (exact) mass is 423 g/mol. The SMILES string of the molecule is O=C(O)Cc1c(C(=O)c2ccc(-c3c(Cl)cccc3Cl)cc2)[nH]c2ccccc12. The maximum atomic E-state index is 13.1. The zero-order valence-electron chi connectivity index (χ0n) is 15.1. The molecule has 0 amide bonds. The van der Waals surface area contributed by atoms with Crippen LogP contribution >= 0.6 is 23.2 Å². The summed E-state index contributed by atoms with van der Waals surface area (Å²) in [5.41, 5.74) is 3.43. The third-order valence-corrected chi connectivity index (χ3v) is 5.40. The van der Waals surface area contributed by atoms with Crippen LogP contribution in [0.2, 0.25) is 10.0 Å². The summed E-state index contributed by atoms with van der Waals surface area (Å²) in [5.74, 6) is -1.26. The van der Waals surface area contributed by atoms with Crippen LogP contribution in [0.15, 0.2) is 66.7 Å². The van der Waals surface area contributed by atoms with Gasteiger partial charge < -0.3 is 10.1 Å². The molecule has 0 atom stereocenters. The zero-order valence-corrected chi connectivity index (χ0v) is 16.6. The molecule has 3 aromatic carbocycles. The van der Waals surface area contributed by atoms with E-state index < -0.39 is 5.97 Å². The number of carbonyl (C=O) groups is 2. The molecule has 2 N–H and O–H groups in total. The lowest BCUT2D eigenvalue weighted by atomic mass is 9.98. The van der Waals surface area contributed by atoms with Crippen molar-refractivity contribution < 1.29 is 14.7 Å². The van der Waals surface area contributed by atoms with Gasteiger partial charge in [0.05, 0.1) is 12.1 Å². The van der Waals surface area contributed by atoms with Crippen LogP contribution in [-0.2, 0) is 11.2 Å². The van der Waals surface area contributed by atoms with Gasteiger partial charge in [0, 0.05) is 37.6 Å². The third-order valence-electron chi connectivity index (χ3n) is 4.77. The van der Waals surface area contributed by atoms with E-state index in [1.807, 2.05) is 24.3 Å². The Balaban J connectivity index is 1.75. The van der Waals surface area contributed by atoms with Gasteiger partial charge in [-0.05, 0) is 23.8 Å². The van der Waals surface area contributed by atoms with Crippen LogP contribution in [0, 0.1) is 0 Å². The minimum Gasteiger partial charge on any atom is -0.481 e. The first-order valence-corrected chi connectivity index (χ1v) is 9.62. The van der Waals surface area contributed by atoms with E-state index >= 15 is 0 Å². The summed E-state index contributed by atoms with van der Waals surface area (Å²) in [6.07, 6.45) is -0.238. The number of aromatic nitrogens is 1. The van der Waals surface area contributed by atoms with Crippen LogP contribution < -0.4 is 0 Å². The Labute approximate surface area is 176 Å². The molecule has 0 aliphatic carbocycles. The van der Waals surface area contributed by atoms with Crippen molar-refractivity contribution in [3.63, 3.8) is 0 Å². The fourth-order valence-electron chi connectivity index (χ4n) is 3.43. The first-order chi connectivity index (χ1) is 14.0. The van der Waals surface area contributed by atoms with E-state index in [0.29, 0.717) is 26.7 Å². The predicted molar refractivity (Wildman–Crippen MR) is 115 cm³/mol. The first-order valence-electron chi connectivity index (χ1n) is 8.86. The summed E-state index contributed by atoms with van der Waals surface area (Å²) < 4.78 is 0. The van der Waals surface area contributed by atoms with Gasteiger partial charge in [-0.1, -0.05) is 71.7 Å². The van der Waals surface area contributed by atoms with Gasteiger partial charge in [0.15, 0.2) is 0 Å². The number of H-pyrrole nitrogens is 1. The van der Waals surface area contributed by atoms with Crippen molar-refractivity contribution in [2.75, 3.05) is 0 Å². The first kappa shape index (κ1) is 19.2. The molecule has 0 saturated carbocycles. The number of hydrogen-bond acceptors (Lipinski definition) is 2. The average Bonchev–Trinajstić information content (AvgIpc) is 3.06. The molecule has 1 aromatic heterocycles. The highest BCUT2D eigenvalue weighted by Crippen LogP contribution is 2.35. The number of ketones is 1. The predicted octanol–water partition coefficient (Wildman–Crippen LogP) is 6.00. The molecule has 0 aliphatic rings. The molecule has 29 heavy (non-hydrogen) atoms. The Morgan fingerprint density at radius 1 is 0.862 bits per heavy atom. The van der Waals surface area contributed by atoms with Gasteiger partial charge >= 0.3 is 5.97 Å². The lowest BCUT2D eigenvalue weighted by Gasteiger charge is -2.08. The Bertz CT molecular complexity index is 1220. The number of carbonyl (C=O) groups excluding carboxylic acids is 1. The molecule has 1 heterocycles. The average molecular weight is 424 g/mol. The largest absolute Gasteiger partial charge is 0.481 e. The van der Waals surface area contributed by atoms with Gasteiger partial charge in [0.25, 0.3) is 0 Å². The summed E-state index contributed by atoms with van der Waals surface area (Å²) in [7, 11) is 0. The van der Waals surface area contributed by atoms with E-state index in [1.165, 1.54) is 0 Å². The summed E-state index contributed by atoms with van der Waals surface area (Å²) in [6, 6.07) is 19.5. The van der Waals surface area contributed by atoms with Crippen molar-refractivity contribution in [1.29, 1.82) is 0 Å². The molecular weight excluding hydrogens is 409 g/mol. The standard InChI is InChI=1S/C23H15Cl2NO3/c24-17-5-3-6-18(25)21(17)13-8-10-14(11-9-13)23(29)22-16(12-20(27)28)15-4-1-2-7-19(15)26-22/h1-11,26H,12H2,(H,27,28). The Hall–Kier alpha value is -3.08. The fourth-order valence-corrected chi connectivity index (χ4v) is 4.05. The van der Waals surface area contributed by atoms with Crippen LogP contribution in [0.4, 0.5) is 0 Å². The number of nitrogens with one attached hydrogen (secondary N) is 1. The quantitative estimate of drug-likeness (QED) is 0.386. The van der Waals surface area contributed by atoms with Gasteiger partial charge in [0.2, 0.25) is 5.78 Å². The second-order valence-electron chi connectivity index (χ2n) is 6.60. The molecule has 4 aromatic rings. The van der Waals surface area contributed by atoms with Gasteiger partial charge in [0.1, 0.15) is 0 Å². The Kier molecular flexibility index (Phi) is 5.14. The van der Waals surface area contributed by atoms with Crippen LogP contribution in [-0.4, -0.2) is 21.8 Å². The number of halogens is 2. The number of fused-ring (bicyclic) bond motifs is 1. The fraction of sp³-hybridized carbons (Fsp3) is 0.0435. The van der Waals surface area contributed by atoms with Crippen LogP contribution in [0.25, 0.3) is 22.0 Å². The maximum absolute atomic E-state index is 13.1. The molecule has 0 radical (unpaired) electrons. The smallest absolute Gasteiger partial charge is 0.307 e. The van der Waals surface area contributed by atoms with E-state index in [4.69, 9.17) is 23.2 Å². The molecule has 0 unspecified atom stereocenters. The molecule has 6 heteroatoms. The minimum atomic E-state index is -0.993. The molecule has 0 bridgehead atoms. The second kappa shape index (κ2) is 7.74. The van der Waals surface area contributed by atoms with E-state index in [0.717, 1.165) is 16.5 Å². The van der Waals surface area contributed by atoms with E-state index in [1.54, 1.807) is 42.5 Å². The Morgan fingerprint density at radius 2 is 1.52 bits per heavy atom. The zero-order chi connectivity index (χ0) is 20.5. The van der Waals surface area contributed by atoms with Crippen LogP contribution in [0.5, 0.6) is 0 Å². The molecule has 144 valence electrons. The number of benzene rings is 3. The summed E-state index contributed by atoms with van der Waals surface area (Å²) in [6.45, 7) is 0. The summed E-state index contributed by atoms with van der Waals surface area (Å²) in [5, 5.41) is 11.1. The van der Waals surface area contributed by atoms with Crippen molar-refractivity contribution in [3.05, 3.63) is 93.6 Å². The summed E-state index contributed by atoms with van der Waals surface area (Å²) >= 11 is 12.5. The van der Waals surface area contributed by atoms with Crippen molar-refractivity contribution >= 4 is 45.9 Å². The molecule has 0 aliphatic heterocycles. The molecule has 0 fully saturated rings. The Morgan fingerprint density at radius 3 is 2.17 bits per heavy atom. The van der Waals surface area contributed by atoms with E-state index in [-0.39, 0.29) is 17.9 Å². The topological polar surface area (TPSA) is 70.2 Å². The van der Waals surface area contributed by atoms with Gasteiger partial charge in [-0.3, -0.25) is 9.59 Å². The normalized spacial score (nSPS) is 11.0.